The monoisotopic (exact) mass is 117 g/mol. The van der Waals surface area contributed by atoms with E-state index in [-0.39, 0.29) is 0 Å². The molecule has 0 spiro atoms. The van der Waals surface area contributed by atoms with Gasteiger partial charge in [-0.15, -0.1) is 0 Å². The molecular weight excluding hydrogens is 102 g/mol. The number of hydrogen-bond acceptors (Lipinski definition) is 0. The highest BCUT2D eigenvalue weighted by Crippen LogP contribution is 2.16. The van der Waals surface area contributed by atoms with Crippen molar-refractivity contribution >= 4 is 0 Å². The standard InChI is InChI=1S/C7H15F/c1-4-5-6-7(2,3)8/h4-6H2,1-3H3/i8-1. The van der Waals surface area contributed by atoms with E-state index >= 15 is 0 Å². The minimum Gasteiger partial charge on any atom is -0.245 e. The maximum atomic E-state index is 12.6. The first-order chi connectivity index (χ1) is 3.56. The lowest BCUT2D eigenvalue weighted by molar-refractivity contribution is 0.197. The fourth-order valence-corrected chi connectivity index (χ4v) is 0.597. The quantitative estimate of drug-likeness (QED) is 0.533. The van der Waals surface area contributed by atoms with Crippen molar-refractivity contribution < 1.29 is 4.39 Å². The zero-order chi connectivity index (χ0) is 6.62. The van der Waals surface area contributed by atoms with Gasteiger partial charge in [0.15, 0.2) is 0 Å². The third kappa shape index (κ3) is 5.93. The Morgan fingerprint density at radius 1 is 1.38 bits per heavy atom. The highest BCUT2D eigenvalue weighted by molar-refractivity contribution is 4.64. The lowest BCUT2D eigenvalue weighted by Gasteiger charge is -2.11. The largest absolute Gasteiger partial charge is 0.245 e. The van der Waals surface area contributed by atoms with Crippen molar-refractivity contribution in [3.8, 4) is 0 Å². The molecule has 50 valence electrons. The van der Waals surface area contributed by atoms with E-state index in [1.54, 1.807) is 13.8 Å². The number of rotatable bonds is 3. The number of hydrogen-bond donors (Lipinski definition) is 0. The second-order valence-corrected chi connectivity index (χ2v) is 2.82. The van der Waals surface area contributed by atoms with Crippen LogP contribution < -0.4 is 0 Å². The van der Waals surface area contributed by atoms with Crippen molar-refractivity contribution in [3.05, 3.63) is 0 Å². The van der Waals surface area contributed by atoms with Crippen LogP contribution in [0.3, 0.4) is 0 Å². The predicted molar refractivity (Wildman–Crippen MR) is 34.7 cm³/mol. The van der Waals surface area contributed by atoms with E-state index in [2.05, 4.69) is 6.92 Å². The van der Waals surface area contributed by atoms with Gasteiger partial charge in [-0.25, -0.2) is 4.39 Å². The van der Waals surface area contributed by atoms with Gasteiger partial charge in [0.1, 0.15) is 5.67 Å². The van der Waals surface area contributed by atoms with E-state index in [4.69, 9.17) is 0 Å². The minimum absolute atomic E-state index is 0.698. The molecule has 0 aromatic heterocycles. The Kier molecular flexibility index (Phi) is 3.03. The van der Waals surface area contributed by atoms with Crippen LogP contribution in [0.1, 0.15) is 40.0 Å². The summed E-state index contributed by atoms with van der Waals surface area (Å²) in [6.45, 7) is 5.33. The van der Waals surface area contributed by atoms with Crippen molar-refractivity contribution in [1.82, 2.24) is 0 Å². The van der Waals surface area contributed by atoms with Crippen molar-refractivity contribution in [3.63, 3.8) is 0 Å². The van der Waals surface area contributed by atoms with Crippen molar-refractivity contribution in [2.75, 3.05) is 0 Å². The van der Waals surface area contributed by atoms with Crippen LogP contribution in [0.15, 0.2) is 0 Å². The topological polar surface area (TPSA) is 0 Å². The highest BCUT2D eigenvalue weighted by atomic mass is 18.2. The van der Waals surface area contributed by atoms with Gasteiger partial charge in [-0.05, 0) is 20.3 Å². The van der Waals surface area contributed by atoms with Crippen LogP contribution in [0.2, 0.25) is 0 Å². The summed E-state index contributed by atoms with van der Waals surface area (Å²) < 4.78 is 12.6. The van der Waals surface area contributed by atoms with E-state index in [0.29, 0.717) is 6.42 Å². The van der Waals surface area contributed by atoms with Crippen LogP contribution in [-0.4, -0.2) is 5.67 Å². The van der Waals surface area contributed by atoms with Gasteiger partial charge in [0.2, 0.25) is 0 Å². The fourth-order valence-electron chi connectivity index (χ4n) is 0.597. The van der Waals surface area contributed by atoms with Crippen LogP contribution in [0.25, 0.3) is 0 Å². The molecule has 0 nitrogen and oxygen atoms in total. The van der Waals surface area contributed by atoms with Gasteiger partial charge in [-0.3, -0.25) is 0 Å². The summed E-state index contributed by atoms with van der Waals surface area (Å²) in [5.41, 5.74) is -0.948. The second kappa shape index (κ2) is 3.06. The first-order valence-corrected chi connectivity index (χ1v) is 3.25. The van der Waals surface area contributed by atoms with Gasteiger partial charge in [-0.1, -0.05) is 19.8 Å². The molecule has 0 unspecified atom stereocenters. The summed E-state index contributed by atoms with van der Waals surface area (Å²) in [6.07, 6.45) is 2.79. The Morgan fingerprint density at radius 2 is 1.88 bits per heavy atom. The molecule has 0 saturated heterocycles. The molecule has 8 heavy (non-hydrogen) atoms. The van der Waals surface area contributed by atoms with Gasteiger partial charge in [0.25, 0.3) is 0 Å². The molecule has 0 radical (unpaired) electrons. The molecule has 0 saturated carbocycles. The van der Waals surface area contributed by atoms with Crippen molar-refractivity contribution in [2.24, 2.45) is 0 Å². The van der Waals surface area contributed by atoms with Crippen LogP contribution >= 0.6 is 0 Å². The molecule has 0 fully saturated rings. The molecule has 0 aliphatic heterocycles. The predicted octanol–water partition coefficient (Wildman–Crippen LogP) is 2.92. The lowest BCUT2D eigenvalue weighted by Crippen LogP contribution is -2.10. The maximum absolute atomic E-state index is 12.6. The van der Waals surface area contributed by atoms with E-state index in [9.17, 15) is 4.39 Å². The second-order valence-electron chi connectivity index (χ2n) is 2.82. The molecule has 0 atom stereocenters. The molecular formula is C7H15F. The van der Waals surface area contributed by atoms with E-state index < -0.39 is 5.67 Å². The zero-order valence-corrected chi connectivity index (χ0v) is 6.00. The average molecular weight is 117 g/mol. The maximum Gasteiger partial charge on any atom is 0.105 e. The molecule has 0 aromatic rings. The van der Waals surface area contributed by atoms with Crippen LogP contribution in [0.4, 0.5) is 4.39 Å². The molecule has 0 aromatic carbocycles. The summed E-state index contributed by atoms with van der Waals surface area (Å²) >= 11 is 0. The number of halogens is 1. The summed E-state index contributed by atoms with van der Waals surface area (Å²) in [7, 11) is 0. The molecule has 0 aliphatic rings. The molecule has 0 aliphatic carbocycles. The third-order valence-corrected chi connectivity index (χ3v) is 1.12. The Hall–Kier alpha value is -0.0700. The van der Waals surface area contributed by atoms with Gasteiger partial charge in [0, 0.05) is 0 Å². The van der Waals surface area contributed by atoms with Gasteiger partial charge < -0.3 is 0 Å². The Morgan fingerprint density at radius 3 is 2.00 bits per heavy atom. The van der Waals surface area contributed by atoms with Crippen LogP contribution in [-0.2, 0) is 0 Å². The normalized spacial score (nSPS) is 12.0. The van der Waals surface area contributed by atoms with E-state index in [0.717, 1.165) is 12.8 Å². The summed E-state index contributed by atoms with van der Waals surface area (Å²) in [4.78, 5) is 0. The number of unbranched alkanes of at least 4 members (excludes halogenated alkanes) is 1. The first kappa shape index (κ1) is 7.93. The molecule has 0 amide bonds. The Bertz CT molecular complexity index is 51.9. The Balaban J connectivity index is 3.11. The average Bonchev–Trinajstić information content (AvgIpc) is 1.59. The molecule has 1 heteroatoms. The lowest BCUT2D eigenvalue weighted by atomic mass is 10.0. The Labute approximate surface area is 51.1 Å². The van der Waals surface area contributed by atoms with Gasteiger partial charge in [-0.2, -0.15) is 0 Å². The molecule has 0 N–H and O–H groups in total. The molecule has 0 rings (SSSR count). The van der Waals surface area contributed by atoms with E-state index in [1.807, 2.05) is 0 Å². The zero-order valence-electron chi connectivity index (χ0n) is 6.00. The summed E-state index contributed by atoms with van der Waals surface area (Å²) in [5.74, 6) is 0. The van der Waals surface area contributed by atoms with Crippen molar-refractivity contribution in [1.29, 1.82) is 0 Å². The number of alkyl halides is 1. The fraction of sp³-hybridized carbons (Fsp3) is 1.00. The minimum atomic E-state index is -0.948. The smallest absolute Gasteiger partial charge is 0.105 e. The van der Waals surface area contributed by atoms with Crippen LogP contribution in [0, 0.1) is 0 Å². The third-order valence-electron chi connectivity index (χ3n) is 1.12. The van der Waals surface area contributed by atoms with Crippen molar-refractivity contribution in [2.45, 2.75) is 45.7 Å². The molecule has 0 heterocycles. The highest BCUT2D eigenvalue weighted by Gasteiger charge is 2.12. The SMILES string of the molecule is CCCCC(C)(C)[18F]. The van der Waals surface area contributed by atoms with E-state index in [1.165, 1.54) is 0 Å². The molecule has 0 bridgehead atoms. The van der Waals surface area contributed by atoms with Gasteiger partial charge >= 0.3 is 0 Å². The summed E-state index contributed by atoms with van der Waals surface area (Å²) in [6, 6.07) is 0. The first-order valence-electron chi connectivity index (χ1n) is 3.25. The van der Waals surface area contributed by atoms with Gasteiger partial charge in [0.05, 0.1) is 0 Å². The van der Waals surface area contributed by atoms with Crippen LogP contribution in [0.5, 0.6) is 0 Å². The summed E-state index contributed by atoms with van der Waals surface area (Å²) in [5, 5.41) is 0.